The lowest BCUT2D eigenvalue weighted by Gasteiger charge is -2.10. The van der Waals surface area contributed by atoms with Crippen LogP contribution in [0.1, 0.15) is 11.1 Å². The van der Waals surface area contributed by atoms with Crippen LogP contribution in [0.3, 0.4) is 0 Å². The van der Waals surface area contributed by atoms with Crippen molar-refractivity contribution >= 4 is 5.90 Å². The van der Waals surface area contributed by atoms with E-state index >= 15 is 0 Å². The number of aliphatic imine (C=N–C) groups is 1. The van der Waals surface area contributed by atoms with Crippen LogP contribution in [0.25, 0.3) is 0 Å². The smallest absolute Gasteiger partial charge is 0.419 e. The Morgan fingerprint density at radius 1 is 1.31 bits per heavy atom. The Hall–Kier alpha value is -1.72. The van der Waals surface area contributed by atoms with E-state index in [9.17, 15) is 13.2 Å². The zero-order chi connectivity index (χ0) is 11.8. The maximum absolute atomic E-state index is 12.5. The molecule has 0 saturated heterocycles. The van der Waals surface area contributed by atoms with Crippen LogP contribution < -0.4 is 0 Å². The molecule has 0 spiro atoms. The zero-order valence-electron chi connectivity index (χ0n) is 8.08. The third-order valence-electron chi connectivity index (χ3n) is 2.13. The minimum absolute atomic E-state index is 0.186. The van der Waals surface area contributed by atoms with E-state index in [-0.39, 0.29) is 11.5 Å². The quantitative estimate of drug-likeness (QED) is 0.804. The molecule has 2 rings (SSSR count). The highest BCUT2D eigenvalue weighted by Gasteiger charge is 2.34. The molecule has 0 aliphatic carbocycles. The Morgan fingerprint density at radius 2 is 2.06 bits per heavy atom. The summed E-state index contributed by atoms with van der Waals surface area (Å²) in [7, 11) is 0. The van der Waals surface area contributed by atoms with Crippen molar-refractivity contribution in [2.45, 2.75) is 6.18 Å². The monoisotopic (exact) mass is 231 g/mol. The summed E-state index contributed by atoms with van der Waals surface area (Å²) < 4.78 is 42.5. The first-order valence-electron chi connectivity index (χ1n) is 4.56. The molecule has 0 atom stereocenters. The first-order valence-corrected chi connectivity index (χ1v) is 4.56. The Bertz CT molecular complexity index is 440. The molecule has 0 bridgehead atoms. The van der Waals surface area contributed by atoms with Gasteiger partial charge in [0.2, 0.25) is 5.90 Å². The van der Waals surface area contributed by atoms with Crippen LogP contribution in [0.4, 0.5) is 13.2 Å². The molecule has 0 unspecified atom stereocenters. The number of benzene rings is 1. The molecule has 1 N–H and O–H groups in total. The second-order valence-electron chi connectivity index (χ2n) is 3.27. The van der Waals surface area contributed by atoms with E-state index in [0.717, 1.165) is 12.1 Å². The highest BCUT2D eigenvalue weighted by atomic mass is 19.4. The lowest BCUT2D eigenvalue weighted by atomic mass is 10.1. The normalized spacial score (nSPS) is 15.8. The average molecular weight is 231 g/mol. The van der Waals surface area contributed by atoms with Gasteiger partial charge in [-0.3, -0.25) is 0 Å². The van der Waals surface area contributed by atoms with Crippen LogP contribution in [0.2, 0.25) is 0 Å². The van der Waals surface area contributed by atoms with Crippen LogP contribution >= 0.6 is 0 Å². The predicted octanol–water partition coefficient (Wildman–Crippen LogP) is 2.19. The predicted molar refractivity (Wildman–Crippen MR) is 50.5 cm³/mol. The number of ether oxygens (including phenoxy) is 1. The number of phenolic OH excluding ortho intramolecular Hbond substituents is 1. The number of phenols is 1. The summed E-state index contributed by atoms with van der Waals surface area (Å²) in [5.41, 5.74) is -0.856. The Morgan fingerprint density at radius 3 is 2.62 bits per heavy atom. The van der Waals surface area contributed by atoms with E-state index in [4.69, 9.17) is 9.84 Å². The molecular formula is C10H8F3NO2. The topological polar surface area (TPSA) is 41.8 Å². The number of hydrogen-bond donors (Lipinski definition) is 1. The molecule has 0 radical (unpaired) electrons. The van der Waals surface area contributed by atoms with Gasteiger partial charge in [0.05, 0.1) is 12.1 Å². The van der Waals surface area contributed by atoms with Gasteiger partial charge < -0.3 is 9.84 Å². The number of aromatic hydroxyl groups is 1. The fourth-order valence-electron chi connectivity index (χ4n) is 1.41. The van der Waals surface area contributed by atoms with Crippen LogP contribution in [-0.4, -0.2) is 24.2 Å². The molecule has 1 aromatic carbocycles. The van der Waals surface area contributed by atoms with Crippen molar-refractivity contribution in [2.75, 3.05) is 13.2 Å². The lowest BCUT2D eigenvalue weighted by Crippen LogP contribution is -2.08. The van der Waals surface area contributed by atoms with E-state index in [2.05, 4.69) is 4.99 Å². The van der Waals surface area contributed by atoms with E-state index in [0.29, 0.717) is 13.2 Å². The number of alkyl halides is 3. The first-order chi connectivity index (χ1) is 7.48. The number of rotatable bonds is 1. The molecule has 0 saturated carbocycles. The Balaban J connectivity index is 2.43. The van der Waals surface area contributed by atoms with Gasteiger partial charge in [-0.1, -0.05) is 0 Å². The SMILES string of the molecule is Oc1ccc(C2=NCCO2)cc1C(F)(F)F. The van der Waals surface area contributed by atoms with Crippen molar-refractivity contribution in [3.8, 4) is 5.75 Å². The van der Waals surface area contributed by atoms with Gasteiger partial charge >= 0.3 is 6.18 Å². The molecular weight excluding hydrogens is 223 g/mol. The van der Waals surface area contributed by atoms with Crippen LogP contribution in [0, 0.1) is 0 Å². The molecule has 1 heterocycles. The van der Waals surface area contributed by atoms with Gasteiger partial charge in [0.25, 0.3) is 0 Å². The van der Waals surface area contributed by atoms with E-state index in [1.165, 1.54) is 6.07 Å². The summed E-state index contributed by atoms with van der Waals surface area (Å²) in [5.74, 6) is -0.611. The van der Waals surface area contributed by atoms with Crippen LogP contribution in [0.5, 0.6) is 5.75 Å². The molecule has 1 aliphatic rings. The van der Waals surface area contributed by atoms with Crippen molar-refractivity contribution in [3.63, 3.8) is 0 Å². The van der Waals surface area contributed by atoms with Crippen molar-refractivity contribution < 1.29 is 23.0 Å². The van der Waals surface area contributed by atoms with Crippen LogP contribution in [-0.2, 0) is 10.9 Å². The van der Waals surface area contributed by atoms with Crippen molar-refractivity contribution in [1.29, 1.82) is 0 Å². The van der Waals surface area contributed by atoms with Gasteiger partial charge in [0.15, 0.2) is 0 Å². The van der Waals surface area contributed by atoms with E-state index in [1.807, 2.05) is 0 Å². The molecule has 86 valence electrons. The molecule has 1 aromatic rings. The second kappa shape index (κ2) is 3.70. The Labute approximate surface area is 89.2 Å². The third-order valence-corrected chi connectivity index (χ3v) is 2.13. The van der Waals surface area contributed by atoms with Gasteiger partial charge in [-0.15, -0.1) is 0 Å². The van der Waals surface area contributed by atoms with Gasteiger partial charge in [-0.25, -0.2) is 4.99 Å². The number of nitrogens with zero attached hydrogens (tertiary/aromatic N) is 1. The minimum atomic E-state index is -4.58. The highest BCUT2D eigenvalue weighted by Crippen LogP contribution is 2.36. The van der Waals surface area contributed by atoms with Crippen molar-refractivity contribution in [2.24, 2.45) is 4.99 Å². The summed E-state index contributed by atoms with van der Waals surface area (Å²) in [6, 6.07) is 3.16. The highest BCUT2D eigenvalue weighted by molar-refractivity contribution is 5.95. The lowest BCUT2D eigenvalue weighted by molar-refractivity contribution is -0.138. The van der Waals surface area contributed by atoms with Gasteiger partial charge in [0.1, 0.15) is 12.4 Å². The zero-order valence-corrected chi connectivity index (χ0v) is 8.08. The minimum Gasteiger partial charge on any atom is -0.507 e. The summed E-state index contributed by atoms with van der Waals surface area (Å²) in [5, 5.41) is 9.11. The molecule has 0 aromatic heterocycles. The number of halogens is 3. The van der Waals surface area contributed by atoms with Gasteiger partial charge in [-0.05, 0) is 18.2 Å². The van der Waals surface area contributed by atoms with Crippen LogP contribution in [0.15, 0.2) is 23.2 Å². The van der Waals surface area contributed by atoms with E-state index < -0.39 is 17.5 Å². The second-order valence-corrected chi connectivity index (χ2v) is 3.27. The summed E-state index contributed by atoms with van der Waals surface area (Å²) in [4.78, 5) is 3.90. The average Bonchev–Trinajstić information content (AvgIpc) is 2.69. The first kappa shape index (κ1) is 10.8. The molecule has 3 nitrogen and oxygen atoms in total. The van der Waals surface area contributed by atoms with Gasteiger partial charge in [-0.2, -0.15) is 13.2 Å². The number of hydrogen-bond acceptors (Lipinski definition) is 3. The maximum atomic E-state index is 12.5. The molecule has 0 amide bonds. The summed E-state index contributed by atoms with van der Waals surface area (Å²) in [6.07, 6.45) is -4.58. The maximum Gasteiger partial charge on any atom is 0.419 e. The summed E-state index contributed by atoms with van der Waals surface area (Å²) in [6.45, 7) is 0.815. The molecule has 6 heteroatoms. The summed E-state index contributed by atoms with van der Waals surface area (Å²) >= 11 is 0. The van der Waals surface area contributed by atoms with Crippen molar-refractivity contribution in [3.05, 3.63) is 29.3 Å². The van der Waals surface area contributed by atoms with Crippen molar-refractivity contribution in [1.82, 2.24) is 0 Å². The van der Waals surface area contributed by atoms with E-state index in [1.54, 1.807) is 0 Å². The fourth-order valence-corrected chi connectivity index (χ4v) is 1.41. The largest absolute Gasteiger partial charge is 0.507 e. The third kappa shape index (κ3) is 1.95. The Kier molecular flexibility index (Phi) is 2.49. The fraction of sp³-hybridized carbons (Fsp3) is 0.300. The standard InChI is InChI=1S/C10H8F3NO2/c11-10(12,13)7-5-6(1-2-8(7)15)9-14-3-4-16-9/h1-2,5,15H,3-4H2. The molecule has 1 aliphatic heterocycles. The molecule has 16 heavy (non-hydrogen) atoms. The van der Waals surface area contributed by atoms with Gasteiger partial charge in [0, 0.05) is 5.56 Å². The molecule has 0 fully saturated rings.